The summed E-state index contributed by atoms with van der Waals surface area (Å²) in [6, 6.07) is 10.1. The normalized spacial score (nSPS) is 25.7. The highest BCUT2D eigenvalue weighted by Gasteiger charge is 2.60. The fourth-order valence-electron chi connectivity index (χ4n) is 4.49. The Hall–Kier alpha value is -2.61. The van der Waals surface area contributed by atoms with Crippen LogP contribution in [0, 0.1) is 12.8 Å². The molecular formula is C22H24ClN3O4. The van der Waals surface area contributed by atoms with Gasteiger partial charge < -0.3 is 20.5 Å². The minimum atomic E-state index is -1.26. The van der Waals surface area contributed by atoms with E-state index in [2.05, 4.69) is 16.0 Å². The number of methoxy groups -OCH3 is 1. The average molecular weight is 430 g/mol. The number of rotatable bonds is 4. The molecular weight excluding hydrogens is 406 g/mol. The van der Waals surface area contributed by atoms with Crippen LogP contribution in [0.2, 0.25) is 5.02 Å². The van der Waals surface area contributed by atoms with Crippen LogP contribution < -0.4 is 20.7 Å². The van der Waals surface area contributed by atoms with Crippen molar-refractivity contribution >= 4 is 34.8 Å². The summed E-state index contributed by atoms with van der Waals surface area (Å²) in [5, 5.41) is 19.8. The van der Waals surface area contributed by atoms with Gasteiger partial charge >= 0.3 is 0 Å². The van der Waals surface area contributed by atoms with Gasteiger partial charge in [0, 0.05) is 22.3 Å². The molecule has 0 bridgehead atoms. The lowest BCUT2D eigenvalue weighted by Gasteiger charge is -2.29. The molecule has 1 fully saturated rings. The van der Waals surface area contributed by atoms with Crippen molar-refractivity contribution in [2.24, 2.45) is 5.92 Å². The van der Waals surface area contributed by atoms with Crippen molar-refractivity contribution in [1.29, 1.82) is 0 Å². The number of anilines is 2. The number of ether oxygens (including phenoxy) is 1. The van der Waals surface area contributed by atoms with Gasteiger partial charge in [-0.2, -0.15) is 0 Å². The number of halogens is 1. The highest BCUT2D eigenvalue weighted by atomic mass is 35.5. The molecule has 7 nitrogen and oxygen atoms in total. The number of carbonyl (C=O) groups excluding carboxylic acids is 2. The molecule has 0 aromatic heterocycles. The second-order valence-corrected chi connectivity index (χ2v) is 8.31. The minimum Gasteiger partial charge on any atom is -0.495 e. The van der Waals surface area contributed by atoms with Crippen molar-refractivity contribution < 1.29 is 19.4 Å². The highest BCUT2D eigenvalue weighted by Crippen LogP contribution is 2.48. The van der Waals surface area contributed by atoms with Crippen LogP contribution in [-0.4, -0.2) is 36.2 Å². The van der Waals surface area contributed by atoms with E-state index in [4.69, 9.17) is 16.3 Å². The van der Waals surface area contributed by atoms with Gasteiger partial charge in [-0.15, -0.1) is 0 Å². The first kappa shape index (κ1) is 20.7. The summed E-state index contributed by atoms with van der Waals surface area (Å²) < 4.78 is 5.33. The molecule has 1 saturated heterocycles. The summed E-state index contributed by atoms with van der Waals surface area (Å²) in [5.74, 6) is -0.931. The van der Waals surface area contributed by atoms with Crippen LogP contribution in [0.5, 0.6) is 5.75 Å². The Morgan fingerprint density at radius 1 is 1.37 bits per heavy atom. The fraction of sp³-hybridized carbons (Fsp3) is 0.364. The molecule has 2 aliphatic heterocycles. The zero-order valence-corrected chi connectivity index (χ0v) is 17.7. The fourth-order valence-corrected chi connectivity index (χ4v) is 4.66. The summed E-state index contributed by atoms with van der Waals surface area (Å²) in [6.45, 7) is 3.56. The predicted octanol–water partition coefficient (Wildman–Crippen LogP) is 2.80. The van der Waals surface area contributed by atoms with Crippen molar-refractivity contribution in [2.45, 2.75) is 38.0 Å². The number of fused-ring (bicyclic) bond motifs is 2. The second-order valence-electron chi connectivity index (χ2n) is 7.87. The number of nitrogens with one attached hydrogen (secondary N) is 3. The Morgan fingerprint density at radius 2 is 2.13 bits per heavy atom. The Bertz CT molecular complexity index is 1030. The third kappa shape index (κ3) is 3.14. The topological polar surface area (TPSA) is 99.7 Å². The van der Waals surface area contributed by atoms with E-state index in [0.29, 0.717) is 34.1 Å². The van der Waals surface area contributed by atoms with E-state index < -0.39 is 23.6 Å². The van der Waals surface area contributed by atoms with Gasteiger partial charge in [-0.25, -0.2) is 0 Å². The molecule has 2 aromatic carbocycles. The molecule has 0 aliphatic carbocycles. The van der Waals surface area contributed by atoms with E-state index in [1.807, 2.05) is 25.1 Å². The number of aliphatic hydroxyl groups excluding tert-OH is 1. The van der Waals surface area contributed by atoms with Crippen molar-refractivity contribution in [1.82, 2.24) is 5.32 Å². The van der Waals surface area contributed by atoms with Gasteiger partial charge in [0.15, 0.2) is 0 Å². The van der Waals surface area contributed by atoms with Crippen LogP contribution in [0.1, 0.15) is 24.5 Å². The number of aryl methyl sites for hydroxylation is 1. The molecule has 8 heteroatoms. The lowest BCUT2D eigenvalue weighted by molar-refractivity contribution is -0.130. The van der Waals surface area contributed by atoms with E-state index in [1.54, 1.807) is 25.1 Å². The maximum Gasteiger partial charge on any atom is 0.250 e. The number of benzene rings is 2. The van der Waals surface area contributed by atoms with Gasteiger partial charge in [0.1, 0.15) is 11.3 Å². The van der Waals surface area contributed by atoms with E-state index in [0.717, 1.165) is 5.56 Å². The van der Waals surface area contributed by atoms with Crippen molar-refractivity contribution in [3.63, 3.8) is 0 Å². The first-order valence-electron chi connectivity index (χ1n) is 9.79. The van der Waals surface area contributed by atoms with Crippen molar-refractivity contribution in [2.75, 3.05) is 17.7 Å². The third-order valence-electron chi connectivity index (χ3n) is 6.04. The first-order chi connectivity index (χ1) is 14.3. The van der Waals surface area contributed by atoms with Crippen molar-refractivity contribution in [3.8, 4) is 5.75 Å². The Labute approximate surface area is 179 Å². The molecule has 1 unspecified atom stereocenters. The zero-order chi connectivity index (χ0) is 21.6. The van der Waals surface area contributed by atoms with Gasteiger partial charge in [0.2, 0.25) is 11.8 Å². The predicted molar refractivity (Wildman–Crippen MR) is 115 cm³/mol. The maximum absolute atomic E-state index is 13.5. The molecule has 158 valence electrons. The molecule has 1 spiro atoms. The third-order valence-corrected chi connectivity index (χ3v) is 6.27. The van der Waals surface area contributed by atoms with E-state index in [9.17, 15) is 14.7 Å². The van der Waals surface area contributed by atoms with Gasteiger partial charge in [-0.3, -0.25) is 14.9 Å². The molecule has 2 heterocycles. The van der Waals surface area contributed by atoms with E-state index in [1.165, 1.54) is 7.11 Å². The molecule has 30 heavy (non-hydrogen) atoms. The zero-order valence-electron chi connectivity index (χ0n) is 17.0. The monoisotopic (exact) mass is 429 g/mol. The van der Waals surface area contributed by atoms with Crippen molar-refractivity contribution in [3.05, 3.63) is 52.5 Å². The lowest BCUT2D eigenvalue weighted by Crippen LogP contribution is -2.53. The maximum atomic E-state index is 13.5. The van der Waals surface area contributed by atoms with E-state index in [-0.39, 0.29) is 11.8 Å². The quantitative estimate of drug-likeness (QED) is 0.599. The molecule has 4 atom stereocenters. The summed E-state index contributed by atoms with van der Waals surface area (Å²) in [5.41, 5.74) is 1.50. The van der Waals surface area contributed by atoms with Crippen LogP contribution in [-0.2, 0) is 15.1 Å². The lowest BCUT2D eigenvalue weighted by atomic mass is 9.79. The minimum absolute atomic E-state index is 0.298. The Morgan fingerprint density at radius 3 is 2.83 bits per heavy atom. The largest absolute Gasteiger partial charge is 0.495 e. The first-order valence-corrected chi connectivity index (χ1v) is 10.2. The average Bonchev–Trinajstić information content (AvgIpc) is 3.24. The van der Waals surface area contributed by atoms with Gasteiger partial charge in [0.25, 0.3) is 0 Å². The summed E-state index contributed by atoms with van der Waals surface area (Å²) in [6.07, 6.45) is -0.435. The van der Waals surface area contributed by atoms with E-state index >= 15 is 0 Å². The molecule has 0 saturated carbocycles. The molecule has 0 radical (unpaired) electrons. The SMILES string of the molecule is COc1ccc(Cl)cc1NC(=O)[C@H]1C[C@H](C(C)O)N[C@]12C(=O)Nc1c(C)cccc12. The van der Waals surface area contributed by atoms with Crippen LogP contribution in [0.4, 0.5) is 11.4 Å². The number of aliphatic hydroxyl groups is 1. The number of hydrogen-bond acceptors (Lipinski definition) is 5. The number of amides is 2. The molecule has 4 N–H and O–H groups in total. The highest BCUT2D eigenvalue weighted by molar-refractivity contribution is 6.31. The summed E-state index contributed by atoms with van der Waals surface area (Å²) >= 11 is 6.09. The van der Waals surface area contributed by atoms with Crippen LogP contribution in [0.15, 0.2) is 36.4 Å². The number of para-hydroxylation sites is 1. The van der Waals surface area contributed by atoms with Gasteiger partial charge in [-0.1, -0.05) is 29.8 Å². The standard InChI is InChI=1S/C22H24ClN3O4/c1-11-5-4-6-14-19(11)25-21(29)22(14)15(10-16(26-22)12(2)27)20(28)24-17-9-13(23)7-8-18(17)30-3/h4-9,12,15-16,26-27H,10H2,1-3H3,(H,24,28)(H,25,29)/t12?,15-,16-,22+/m1/s1. The number of carbonyl (C=O) groups is 2. The summed E-state index contributed by atoms with van der Waals surface area (Å²) in [4.78, 5) is 26.7. The van der Waals surface area contributed by atoms with Gasteiger partial charge in [0.05, 0.1) is 24.8 Å². The van der Waals surface area contributed by atoms with Crippen LogP contribution in [0.3, 0.4) is 0 Å². The number of hydrogen-bond donors (Lipinski definition) is 4. The van der Waals surface area contributed by atoms with Crippen LogP contribution in [0.25, 0.3) is 0 Å². The van der Waals surface area contributed by atoms with Gasteiger partial charge in [-0.05, 0) is 44.0 Å². The molecule has 2 amide bonds. The molecule has 4 rings (SSSR count). The smallest absolute Gasteiger partial charge is 0.250 e. The molecule has 2 aliphatic rings. The second kappa shape index (κ2) is 7.58. The Kier molecular flexibility index (Phi) is 5.22. The molecule has 2 aromatic rings. The Balaban J connectivity index is 1.76. The summed E-state index contributed by atoms with van der Waals surface area (Å²) in [7, 11) is 1.50. The van der Waals surface area contributed by atoms with Crippen LogP contribution >= 0.6 is 11.6 Å².